The largest absolute Gasteiger partial charge is 0.344 e. The van der Waals surface area contributed by atoms with Crippen molar-refractivity contribution in [1.82, 2.24) is 15.5 Å². The van der Waals surface area contributed by atoms with Gasteiger partial charge in [0.05, 0.1) is 0 Å². The summed E-state index contributed by atoms with van der Waals surface area (Å²) in [6.07, 6.45) is 3.65. The predicted molar refractivity (Wildman–Crippen MR) is 106 cm³/mol. The van der Waals surface area contributed by atoms with E-state index in [0.29, 0.717) is 18.1 Å². The topological polar surface area (TPSA) is 68.0 Å². The number of nitrogens with zero attached hydrogens (tertiary/aromatic N) is 2. The van der Waals surface area contributed by atoms with Crippen LogP contribution in [0, 0.1) is 5.92 Å². The molecule has 1 fully saturated rings. The standard InChI is InChI=1S/C21H20BrN3O2/c22-17-11-9-15(10-12-17)19-24-21(27-25-19)18(13-14-5-2-1-3-6-14)23-20(26)16-7-4-8-16/h1-3,5-6,9-12,16,18H,4,7-8,13H2,(H,23,26). The van der Waals surface area contributed by atoms with E-state index in [-0.39, 0.29) is 17.9 Å². The molecule has 1 heterocycles. The first-order chi connectivity index (χ1) is 13.2. The molecule has 1 saturated carbocycles. The fourth-order valence-electron chi connectivity index (χ4n) is 3.10. The lowest BCUT2D eigenvalue weighted by Gasteiger charge is -2.26. The maximum atomic E-state index is 12.5. The van der Waals surface area contributed by atoms with Gasteiger partial charge < -0.3 is 9.84 Å². The van der Waals surface area contributed by atoms with Crippen molar-refractivity contribution >= 4 is 21.8 Å². The van der Waals surface area contributed by atoms with E-state index < -0.39 is 0 Å². The molecule has 6 heteroatoms. The third-order valence-electron chi connectivity index (χ3n) is 4.92. The van der Waals surface area contributed by atoms with E-state index in [2.05, 4.69) is 31.4 Å². The highest BCUT2D eigenvalue weighted by Crippen LogP contribution is 2.28. The zero-order valence-corrected chi connectivity index (χ0v) is 16.4. The van der Waals surface area contributed by atoms with Gasteiger partial charge in [0, 0.05) is 22.4 Å². The van der Waals surface area contributed by atoms with Crippen molar-refractivity contribution in [3.8, 4) is 11.4 Å². The number of rotatable bonds is 6. The van der Waals surface area contributed by atoms with Gasteiger partial charge in [-0.3, -0.25) is 4.79 Å². The van der Waals surface area contributed by atoms with Crippen LogP contribution >= 0.6 is 15.9 Å². The van der Waals surface area contributed by atoms with Crippen molar-refractivity contribution in [2.45, 2.75) is 31.7 Å². The first kappa shape index (κ1) is 17.9. The van der Waals surface area contributed by atoms with E-state index in [1.54, 1.807) is 0 Å². The van der Waals surface area contributed by atoms with Crippen LogP contribution in [0.15, 0.2) is 63.6 Å². The summed E-state index contributed by atoms with van der Waals surface area (Å²) in [4.78, 5) is 17.1. The molecular formula is C21H20BrN3O2. The number of benzene rings is 2. The van der Waals surface area contributed by atoms with Gasteiger partial charge in [-0.25, -0.2) is 0 Å². The zero-order chi connectivity index (χ0) is 18.6. The summed E-state index contributed by atoms with van der Waals surface area (Å²) in [5, 5.41) is 7.23. The highest BCUT2D eigenvalue weighted by atomic mass is 79.9. The Bertz CT molecular complexity index is 905. The van der Waals surface area contributed by atoms with Crippen LogP contribution in [0.4, 0.5) is 0 Å². The maximum absolute atomic E-state index is 12.5. The van der Waals surface area contributed by atoms with E-state index in [9.17, 15) is 4.79 Å². The molecule has 1 N–H and O–H groups in total. The number of nitrogens with one attached hydrogen (secondary N) is 1. The fourth-order valence-corrected chi connectivity index (χ4v) is 3.37. The van der Waals surface area contributed by atoms with Gasteiger partial charge in [-0.05, 0) is 42.7 Å². The summed E-state index contributed by atoms with van der Waals surface area (Å²) < 4.78 is 6.52. The van der Waals surface area contributed by atoms with Gasteiger partial charge in [0.15, 0.2) is 0 Å². The second-order valence-corrected chi connectivity index (χ2v) is 7.76. The van der Waals surface area contributed by atoms with Gasteiger partial charge >= 0.3 is 0 Å². The molecule has 138 valence electrons. The average Bonchev–Trinajstić information content (AvgIpc) is 3.11. The summed E-state index contributed by atoms with van der Waals surface area (Å²) in [6, 6.07) is 17.4. The summed E-state index contributed by atoms with van der Waals surface area (Å²) >= 11 is 3.42. The molecule has 0 bridgehead atoms. The summed E-state index contributed by atoms with van der Waals surface area (Å²) in [6.45, 7) is 0. The quantitative estimate of drug-likeness (QED) is 0.621. The van der Waals surface area contributed by atoms with Gasteiger partial charge in [-0.2, -0.15) is 4.98 Å². The van der Waals surface area contributed by atoms with Crippen LogP contribution in [0.5, 0.6) is 0 Å². The highest BCUT2D eigenvalue weighted by Gasteiger charge is 2.29. The lowest BCUT2D eigenvalue weighted by atomic mass is 9.84. The van der Waals surface area contributed by atoms with Crippen molar-refractivity contribution in [3.63, 3.8) is 0 Å². The van der Waals surface area contributed by atoms with Crippen molar-refractivity contribution in [1.29, 1.82) is 0 Å². The molecule has 4 rings (SSSR count). The number of hydrogen-bond donors (Lipinski definition) is 1. The van der Waals surface area contributed by atoms with Crippen LogP contribution in [-0.4, -0.2) is 16.0 Å². The van der Waals surface area contributed by atoms with E-state index in [1.165, 1.54) is 0 Å². The molecule has 1 unspecified atom stereocenters. The van der Waals surface area contributed by atoms with Crippen LogP contribution < -0.4 is 5.32 Å². The van der Waals surface area contributed by atoms with Crippen LogP contribution in [0.3, 0.4) is 0 Å². The van der Waals surface area contributed by atoms with Crippen molar-refractivity contribution < 1.29 is 9.32 Å². The zero-order valence-electron chi connectivity index (χ0n) is 14.8. The van der Waals surface area contributed by atoms with Gasteiger partial charge in [0.25, 0.3) is 0 Å². The molecule has 0 aliphatic heterocycles. The Morgan fingerprint density at radius 3 is 2.56 bits per heavy atom. The van der Waals surface area contributed by atoms with E-state index in [1.807, 2.05) is 54.6 Å². The Morgan fingerprint density at radius 2 is 1.89 bits per heavy atom. The Labute approximate surface area is 166 Å². The Kier molecular flexibility index (Phi) is 5.34. The number of amides is 1. The second kappa shape index (κ2) is 8.05. The highest BCUT2D eigenvalue weighted by molar-refractivity contribution is 9.10. The Balaban J connectivity index is 1.57. The van der Waals surface area contributed by atoms with Crippen LogP contribution in [0.25, 0.3) is 11.4 Å². The molecule has 1 aliphatic carbocycles. The molecule has 1 aliphatic rings. The van der Waals surface area contributed by atoms with Crippen LogP contribution in [-0.2, 0) is 11.2 Å². The van der Waals surface area contributed by atoms with Crippen LogP contribution in [0.2, 0.25) is 0 Å². The summed E-state index contributed by atoms with van der Waals surface area (Å²) in [5.41, 5.74) is 1.98. The molecule has 2 aromatic carbocycles. The maximum Gasteiger partial charge on any atom is 0.249 e. The molecule has 5 nitrogen and oxygen atoms in total. The third-order valence-corrected chi connectivity index (χ3v) is 5.45. The SMILES string of the molecule is O=C(NC(Cc1ccccc1)c1nc(-c2ccc(Br)cc2)no1)C1CCC1. The summed E-state index contributed by atoms with van der Waals surface area (Å²) in [5.74, 6) is 1.14. The molecule has 3 aromatic rings. The number of carbonyl (C=O) groups excluding carboxylic acids is 1. The predicted octanol–water partition coefficient (Wildman–Crippen LogP) is 4.70. The minimum absolute atomic E-state index is 0.0746. The van der Waals surface area contributed by atoms with E-state index >= 15 is 0 Å². The smallest absolute Gasteiger partial charge is 0.249 e. The number of aromatic nitrogens is 2. The average molecular weight is 426 g/mol. The lowest BCUT2D eigenvalue weighted by molar-refractivity contribution is -0.128. The molecule has 0 spiro atoms. The molecular weight excluding hydrogens is 406 g/mol. The van der Waals surface area contributed by atoms with Crippen molar-refractivity contribution in [3.05, 3.63) is 70.5 Å². The summed E-state index contributed by atoms with van der Waals surface area (Å²) in [7, 11) is 0. The van der Waals surface area contributed by atoms with Crippen molar-refractivity contribution in [2.75, 3.05) is 0 Å². The molecule has 1 amide bonds. The van der Waals surface area contributed by atoms with Gasteiger partial charge in [-0.1, -0.05) is 57.8 Å². The minimum Gasteiger partial charge on any atom is -0.344 e. The van der Waals surface area contributed by atoms with Gasteiger partial charge in [0.2, 0.25) is 17.6 Å². The Morgan fingerprint density at radius 1 is 1.15 bits per heavy atom. The van der Waals surface area contributed by atoms with E-state index in [4.69, 9.17) is 4.52 Å². The lowest BCUT2D eigenvalue weighted by Crippen LogP contribution is -2.37. The molecule has 0 radical (unpaired) electrons. The van der Waals surface area contributed by atoms with Crippen LogP contribution in [0.1, 0.15) is 36.8 Å². The molecule has 27 heavy (non-hydrogen) atoms. The molecule has 0 saturated heterocycles. The number of halogens is 1. The molecule has 1 atom stereocenters. The van der Waals surface area contributed by atoms with Crippen molar-refractivity contribution in [2.24, 2.45) is 5.92 Å². The van der Waals surface area contributed by atoms with E-state index in [0.717, 1.165) is 34.9 Å². The minimum atomic E-state index is -0.336. The fraction of sp³-hybridized carbons (Fsp3) is 0.286. The first-order valence-electron chi connectivity index (χ1n) is 9.13. The normalized spacial score (nSPS) is 15.1. The first-order valence-corrected chi connectivity index (χ1v) is 9.92. The number of hydrogen-bond acceptors (Lipinski definition) is 4. The van der Waals surface area contributed by atoms with Gasteiger partial charge in [-0.15, -0.1) is 0 Å². The second-order valence-electron chi connectivity index (χ2n) is 6.84. The molecule has 1 aromatic heterocycles. The monoisotopic (exact) mass is 425 g/mol. The van der Waals surface area contributed by atoms with Gasteiger partial charge in [0.1, 0.15) is 6.04 Å². The number of carbonyl (C=O) groups is 1. The Hall–Kier alpha value is -2.47. The third kappa shape index (κ3) is 4.27.